The molecule has 6 nitrogen and oxygen atoms in total. The molecule has 0 aliphatic carbocycles. The molecular weight excluding hydrogens is 228 g/mol. The summed E-state index contributed by atoms with van der Waals surface area (Å²) >= 11 is 1.29. The molecular formula is C9H8N4O2S. The van der Waals surface area contributed by atoms with Crippen LogP contribution in [-0.2, 0) is 0 Å². The van der Waals surface area contributed by atoms with E-state index in [1.165, 1.54) is 23.9 Å². The Morgan fingerprint density at radius 2 is 2.25 bits per heavy atom. The van der Waals surface area contributed by atoms with Crippen molar-refractivity contribution in [2.24, 2.45) is 0 Å². The lowest BCUT2D eigenvalue weighted by Gasteiger charge is -2.00. The predicted molar refractivity (Wildman–Crippen MR) is 60.2 cm³/mol. The number of aromatic amines is 1. The van der Waals surface area contributed by atoms with Crippen LogP contribution in [0.3, 0.4) is 0 Å². The number of nitro groups is 1. The lowest BCUT2D eigenvalue weighted by atomic mass is 10.3. The van der Waals surface area contributed by atoms with E-state index in [2.05, 4.69) is 9.97 Å². The fraction of sp³-hybridized carbons (Fsp3) is 0. The van der Waals surface area contributed by atoms with Gasteiger partial charge in [-0.2, -0.15) is 0 Å². The Morgan fingerprint density at radius 1 is 1.44 bits per heavy atom. The zero-order valence-corrected chi connectivity index (χ0v) is 8.90. The number of hydrogen-bond donors (Lipinski definition) is 2. The van der Waals surface area contributed by atoms with Gasteiger partial charge in [-0.05, 0) is 6.07 Å². The van der Waals surface area contributed by atoms with Gasteiger partial charge in [-0.3, -0.25) is 10.1 Å². The number of hydrogen-bond acceptors (Lipinski definition) is 5. The Hall–Kier alpha value is -2.02. The smallest absolute Gasteiger partial charge is 0.272 e. The molecule has 2 aromatic rings. The molecule has 16 heavy (non-hydrogen) atoms. The molecule has 1 aromatic carbocycles. The lowest BCUT2D eigenvalue weighted by molar-refractivity contribution is -0.385. The molecule has 0 amide bonds. The summed E-state index contributed by atoms with van der Waals surface area (Å²) in [6, 6.07) is 4.45. The van der Waals surface area contributed by atoms with Crippen molar-refractivity contribution in [1.82, 2.24) is 9.97 Å². The number of rotatable bonds is 3. The van der Waals surface area contributed by atoms with E-state index in [1.807, 2.05) is 0 Å². The van der Waals surface area contributed by atoms with E-state index >= 15 is 0 Å². The molecule has 82 valence electrons. The fourth-order valence-electron chi connectivity index (χ4n) is 1.19. The predicted octanol–water partition coefficient (Wildman–Crippen LogP) is 2.05. The van der Waals surface area contributed by atoms with Crippen LogP contribution in [-0.4, -0.2) is 14.9 Å². The first kappa shape index (κ1) is 10.5. The van der Waals surface area contributed by atoms with Gasteiger partial charge in [0.2, 0.25) is 0 Å². The normalized spacial score (nSPS) is 10.2. The van der Waals surface area contributed by atoms with Crippen molar-refractivity contribution < 1.29 is 4.92 Å². The van der Waals surface area contributed by atoms with Gasteiger partial charge in [0, 0.05) is 35.1 Å². The largest absolute Gasteiger partial charge is 0.398 e. The Bertz CT molecular complexity index is 512. The number of nitrogen functional groups attached to an aromatic ring is 1. The maximum absolute atomic E-state index is 10.6. The summed E-state index contributed by atoms with van der Waals surface area (Å²) < 4.78 is 0. The van der Waals surface area contributed by atoms with Gasteiger partial charge >= 0.3 is 0 Å². The van der Waals surface area contributed by atoms with Crippen LogP contribution in [0.1, 0.15) is 0 Å². The fourth-order valence-corrected chi connectivity index (χ4v) is 2.03. The molecule has 0 saturated carbocycles. The Labute approximate surface area is 95.0 Å². The first-order valence-electron chi connectivity index (χ1n) is 4.37. The quantitative estimate of drug-likeness (QED) is 0.483. The standard InChI is InChI=1S/C9H8N4O2S/c10-6-3-7(13(14)15)5-8(4-6)16-9-11-1-2-12-9/h1-5H,10H2,(H,11,12). The average molecular weight is 236 g/mol. The molecule has 0 bridgehead atoms. The summed E-state index contributed by atoms with van der Waals surface area (Å²) in [5.74, 6) is 0. The molecule has 0 atom stereocenters. The first-order valence-corrected chi connectivity index (χ1v) is 5.19. The maximum atomic E-state index is 10.6. The van der Waals surface area contributed by atoms with Gasteiger partial charge in [0.15, 0.2) is 5.16 Å². The minimum atomic E-state index is -0.470. The Morgan fingerprint density at radius 3 is 2.88 bits per heavy atom. The molecule has 0 aliphatic heterocycles. The average Bonchev–Trinajstić information content (AvgIpc) is 2.69. The molecule has 3 N–H and O–H groups in total. The number of non-ortho nitro benzene ring substituents is 1. The second-order valence-corrected chi connectivity index (χ2v) is 4.08. The SMILES string of the molecule is Nc1cc(Sc2ncc[nH]2)cc([N+](=O)[O-])c1. The zero-order chi connectivity index (χ0) is 11.5. The molecule has 1 heterocycles. The van der Waals surface area contributed by atoms with E-state index in [1.54, 1.807) is 18.5 Å². The second kappa shape index (κ2) is 4.23. The molecule has 0 aliphatic rings. The minimum absolute atomic E-state index is 0.0194. The van der Waals surface area contributed by atoms with Crippen molar-refractivity contribution in [2.45, 2.75) is 10.1 Å². The molecule has 1 aromatic heterocycles. The van der Waals surface area contributed by atoms with E-state index in [9.17, 15) is 10.1 Å². The Balaban J connectivity index is 2.31. The summed E-state index contributed by atoms with van der Waals surface area (Å²) in [7, 11) is 0. The van der Waals surface area contributed by atoms with Gasteiger partial charge in [0.25, 0.3) is 5.69 Å². The summed E-state index contributed by atoms with van der Waals surface area (Å²) in [6.07, 6.45) is 3.30. The van der Waals surface area contributed by atoms with Gasteiger partial charge in [-0.15, -0.1) is 0 Å². The van der Waals surface area contributed by atoms with Crippen LogP contribution in [0.15, 0.2) is 40.6 Å². The van der Waals surface area contributed by atoms with Crippen LogP contribution < -0.4 is 5.73 Å². The number of imidazole rings is 1. The highest BCUT2D eigenvalue weighted by atomic mass is 32.2. The minimum Gasteiger partial charge on any atom is -0.398 e. The number of nitrogens with one attached hydrogen (secondary N) is 1. The summed E-state index contributed by atoms with van der Waals surface area (Å²) in [5.41, 5.74) is 5.92. The molecule has 0 radical (unpaired) electrons. The highest BCUT2D eigenvalue weighted by molar-refractivity contribution is 7.99. The summed E-state index contributed by atoms with van der Waals surface area (Å²) in [6.45, 7) is 0. The Kier molecular flexibility index (Phi) is 2.78. The third-order valence-corrected chi connectivity index (χ3v) is 2.70. The second-order valence-electron chi connectivity index (χ2n) is 3.01. The number of nitrogens with zero attached hydrogens (tertiary/aromatic N) is 2. The number of benzene rings is 1. The molecule has 0 unspecified atom stereocenters. The van der Waals surface area contributed by atoms with Crippen LogP contribution >= 0.6 is 11.8 Å². The van der Waals surface area contributed by atoms with E-state index in [0.717, 1.165) is 0 Å². The van der Waals surface area contributed by atoms with E-state index in [-0.39, 0.29) is 5.69 Å². The number of nitrogens with two attached hydrogens (primary N) is 1. The third kappa shape index (κ3) is 2.31. The van der Waals surface area contributed by atoms with Gasteiger partial charge in [0.05, 0.1) is 4.92 Å². The monoisotopic (exact) mass is 236 g/mol. The molecule has 7 heteroatoms. The number of aromatic nitrogens is 2. The number of nitro benzene ring substituents is 1. The van der Waals surface area contributed by atoms with Crippen molar-refractivity contribution in [3.63, 3.8) is 0 Å². The van der Waals surface area contributed by atoms with Crippen LogP contribution in [0, 0.1) is 10.1 Å². The van der Waals surface area contributed by atoms with Crippen LogP contribution in [0.25, 0.3) is 0 Å². The van der Waals surface area contributed by atoms with Crippen molar-refractivity contribution in [3.8, 4) is 0 Å². The number of H-pyrrole nitrogens is 1. The van der Waals surface area contributed by atoms with Crippen LogP contribution in [0.4, 0.5) is 11.4 Å². The summed E-state index contributed by atoms with van der Waals surface area (Å²) in [5, 5.41) is 11.3. The van der Waals surface area contributed by atoms with Gasteiger partial charge in [-0.25, -0.2) is 4.98 Å². The van der Waals surface area contributed by atoms with Gasteiger partial charge in [0.1, 0.15) is 0 Å². The lowest BCUT2D eigenvalue weighted by Crippen LogP contribution is -1.92. The van der Waals surface area contributed by atoms with Crippen molar-refractivity contribution >= 4 is 23.1 Å². The summed E-state index contributed by atoms with van der Waals surface area (Å²) in [4.78, 5) is 17.7. The highest BCUT2D eigenvalue weighted by Crippen LogP contribution is 2.29. The van der Waals surface area contributed by atoms with E-state index in [4.69, 9.17) is 5.73 Å². The molecule has 0 spiro atoms. The first-order chi connectivity index (χ1) is 7.65. The maximum Gasteiger partial charge on any atom is 0.272 e. The van der Waals surface area contributed by atoms with Crippen molar-refractivity contribution in [1.29, 1.82) is 0 Å². The third-order valence-electron chi connectivity index (χ3n) is 1.81. The van der Waals surface area contributed by atoms with E-state index in [0.29, 0.717) is 15.7 Å². The van der Waals surface area contributed by atoms with E-state index < -0.39 is 4.92 Å². The van der Waals surface area contributed by atoms with Gasteiger partial charge < -0.3 is 10.7 Å². The molecule has 0 saturated heterocycles. The highest BCUT2D eigenvalue weighted by Gasteiger charge is 2.09. The number of anilines is 1. The van der Waals surface area contributed by atoms with Gasteiger partial charge in [-0.1, -0.05) is 11.8 Å². The van der Waals surface area contributed by atoms with Crippen molar-refractivity contribution in [3.05, 3.63) is 40.7 Å². The van der Waals surface area contributed by atoms with Crippen LogP contribution in [0.5, 0.6) is 0 Å². The van der Waals surface area contributed by atoms with Crippen LogP contribution in [0.2, 0.25) is 0 Å². The zero-order valence-electron chi connectivity index (χ0n) is 8.08. The molecule has 2 rings (SSSR count). The topological polar surface area (TPSA) is 97.8 Å². The van der Waals surface area contributed by atoms with Crippen molar-refractivity contribution in [2.75, 3.05) is 5.73 Å². The molecule has 0 fully saturated rings.